The lowest BCUT2D eigenvalue weighted by Crippen LogP contribution is -2.06. The molecule has 0 unspecified atom stereocenters. The van der Waals surface area contributed by atoms with E-state index in [4.69, 9.17) is 0 Å². The van der Waals surface area contributed by atoms with Crippen LogP contribution >= 0.6 is 0 Å². The van der Waals surface area contributed by atoms with Gasteiger partial charge in [-0.3, -0.25) is 9.59 Å². The van der Waals surface area contributed by atoms with Crippen LogP contribution in [0.5, 0.6) is 0 Å². The third-order valence-corrected chi connectivity index (χ3v) is 4.48. The molecule has 2 aromatic carbocycles. The van der Waals surface area contributed by atoms with Crippen LogP contribution in [-0.2, 0) is 0 Å². The molecule has 2 N–H and O–H groups in total. The number of aryl methyl sites for hydroxylation is 2. The SMILES string of the molecule is Cc1ccc(/C(O)=C/C(=O)c2cccc(C(=O)/C=C(\O)c3ccc(C)cc3)n2)cc1. The van der Waals surface area contributed by atoms with Crippen LogP contribution in [0.1, 0.15) is 43.2 Å². The summed E-state index contributed by atoms with van der Waals surface area (Å²) in [6.45, 7) is 3.85. The molecule has 0 aliphatic rings. The Morgan fingerprint density at radius 1 is 0.667 bits per heavy atom. The zero-order valence-corrected chi connectivity index (χ0v) is 16.7. The topological polar surface area (TPSA) is 87.5 Å². The number of rotatable bonds is 6. The lowest BCUT2D eigenvalue weighted by Gasteiger charge is -2.03. The Morgan fingerprint density at radius 3 is 1.40 bits per heavy atom. The van der Waals surface area contributed by atoms with Crippen molar-refractivity contribution in [3.8, 4) is 0 Å². The summed E-state index contributed by atoms with van der Waals surface area (Å²) < 4.78 is 0. The third-order valence-electron chi connectivity index (χ3n) is 4.48. The van der Waals surface area contributed by atoms with Crippen LogP contribution in [0.3, 0.4) is 0 Å². The van der Waals surface area contributed by atoms with Crippen LogP contribution in [0, 0.1) is 13.8 Å². The summed E-state index contributed by atoms with van der Waals surface area (Å²) in [5.41, 5.74) is 3.12. The molecular formula is C25H21NO4. The van der Waals surface area contributed by atoms with E-state index in [-0.39, 0.29) is 22.9 Å². The Bertz CT molecular complexity index is 1050. The first kappa shape index (κ1) is 20.7. The van der Waals surface area contributed by atoms with Crippen LogP contribution in [0.2, 0.25) is 0 Å². The minimum absolute atomic E-state index is 0.0164. The van der Waals surface area contributed by atoms with Gasteiger partial charge in [-0.2, -0.15) is 0 Å². The quantitative estimate of drug-likeness (QED) is 0.335. The van der Waals surface area contributed by atoms with E-state index in [2.05, 4.69) is 4.98 Å². The van der Waals surface area contributed by atoms with Crippen molar-refractivity contribution in [3.05, 3.63) is 113 Å². The fourth-order valence-corrected chi connectivity index (χ4v) is 2.72. The average molecular weight is 399 g/mol. The van der Waals surface area contributed by atoms with Gasteiger partial charge in [0.2, 0.25) is 11.6 Å². The molecule has 0 spiro atoms. The van der Waals surface area contributed by atoms with Crippen molar-refractivity contribution in [2.75, 3.05) is 0 Å². The molecule has 0 amide bonds. The highest BCUT2D eigenvalue weighted by molar-refractivity contribution is 6.09. The number of pyridine rings is 1. The van der Waals surface area contributed by atoms with Crippen molar-refractivity contribution in [3.63, 3.8) is 0 Å². The molecule has 0 saturated carbocycles. The zero-order valence-electron chi connectivity index (χ0n) is 16.7. The van der Waals surface area contributed by atoms with Gasteiger partial charge in [0.25, 0.3) is 0 Å². The van der Waals surface area contributed by atoms with Crippen molar-refractivity contribution >= 4 is 23.1 Å². The molecule has 0 saturated heterocycles. The van der Waals surface area contributed by atoms with Crippen LogP contribution < -0.4 is 0 Å². The lowest BCUT2D eigenvalue weighted by molar-refractivity contribution is 0.103. The van der Waals surface area contributed by atoms with Gasteiger partial charge in [0.05, 0.1) is 0 Å². The number of benzene rings is 2. The highest BCUT2D eigenvalue weighted by Crippen LogP contribution is 2.15. The molecule has 0 bridgehead atoms. The van der Waals surface area contributed by atoms with Crippen LogP contribution in [-0.4, -0.2) is 26.8 Å². The Kier molecular flexibility index (Phi) is 6.23. The first-order valence-corrected chi connectivity index (χ1v) is 9.34. The maximum atomic E-state index is 12.5. The molecule has 5 heteroatoms. The number of carbonyl (C=O) groups excluding carboxylic acids is 2. The molecule has 1 heterocycles. The smallest absolute Gasteiger partial charge is 0.207 e. The van der Waals surface area contributed by atoms with Gasteiger partial charge in [-0.15, -0.1) is 0 Å². The van der Waals surface area contributed by atoms with E-state index in [1.165, 1.54) is 18.2 Å². The Labute approximate surface area is 174 Å². The van der Waals surface area contributed by atoms with Crippen LogP contribution in [0.25, 0.3) is 11.5 Å². The van der Waals surface area contributed by atoms with Gasteiger partial charge in [-0.05, 0) is 26.0 Å². The molecule has 1 aromatic heterocycles. The summed E-state index contributed by atoms with van der Waals surface area (Å²) >= 11 is 0. The first-order valence-electron chi connectivity index (χ1n) is 9.34. The molecular weight excluding hydrogens is 378 g/mol. The molecule has 30 heavy (non-hydrogen) atoms. The average Bonchev–Trinajstić information content (AvgIpc) is 2.74. The van der Waals surface area contributed by atoms with Crippen LogP contribution in [0.15, 0.2) is 78.9 Å². The molecule has 3 aromatic rings. The van der Waals surface area contributed by atoms with Gasteiger partial charge < -0.3 is 10.2 Å². The normalized spacial score (nSPS) is 11.9. The molecule has 0 aliphatic carbocycles. The van der Waals surface area contributed by atoms with Gasteiger partial charge in [-0.1, -0.05) is 65.7 Å². The Hall–Kier alpha value is -3.99. The minimum atomic E-state index is -0.533. The number of aliphatic hydroxyl groups excluding tert-OH is 2. The molecule has 5 nitrogen and oxygen atoms in total. The molecule has 0 radical (unpaired) electrons. The highest BCUT2D eigenvalue weighted by atomic mass is 16.3. The van der Waals surface area contributed by atoms with Crippen molar-refractivity contribution in [2.45, 2.75) is 13.8 Å². The van der Waals surface area contributed by atoms with E-state index in [1.807, 2.05) is 38.1 Å². The summed E-state index contributed by atoms with van der Waals surface area (Å²) in [5.74, 6) is -1.44. The first-order chi connectivity index (χ1) is 14.3. The van der Waals surface area contributed by atoms with Crippen molar-refractivity contribution in [2.24, 2.45) is 0 Å². The van der Waals surface area contributed by atoms with E-state index < -0.39 is 11.6 Å². The molecule has 0 fully saturated rings. The maximum absolute atomic E-state index is 12.5. The minimum Gasteiger partial charge on any atom is -0.507 e. The number of allylic oxidation sites excluding steroid dienone is 2. The van der Waals surface area contributed by atoms with Crippen molar-refractivity contribution < 1.29 is 19.8 Å². The number of aliphatic hydroxyl groups is 2. The Morgan fingerprint density at radius 2 is 1.03 bits per heavy atom. The second kappa shape index (κ2) is 9.01. The molecule has 0 atom stereocenters. The predicted octanol–water partition coefficient (Wildman–Crippen LogP) is 5.26. The summed E-state index contributed by atoms with van der Waals surface area (Å²) in [5, 5.41) is 20.4. The van der Waals surface area contributed by atoms with E-state index in [1.54, 1.807) is 24.3 Å². The van der Waals surface area contributed by atoms with E-state index in [0.717, 1.165) is 23.3 Å². The van der Waals surface area contributed by atoms with Gasteiger partial charge in [-0.25, -0.2) is 4.98 Å². The third kappa shape index (κ3) is 5.08. The fraction of sp³-hybridized carbons (Fsp3) is 0.0800. The lowest BCUT2D eigenvalue weighted by atomic mass is 10.1. The van der Waals surface area contributed by atoms with Gasteiger partial charge in [0.15, 0.2) is 0 Å². The molecule has 0 aliphatic heterocycles. The molecule has 3 rings (SSSR count). The summed E-state index contributed by atoms with van der Waals surface area (Å²) in [6.07, 6.45) is 2.14. The van der Waals surface area contributed by atoms with E-state index in [9.17, 15) is 19.8 Å². The van der Waals surface area contributed by atoms with Gasteiger partial charge in [0, 0.05) is 23.3 Å². The fourth-order valence-electron chi connectivity index (χ4n) is 2.72. The van der Waals surface area contributed by atoms with Crippen molar-refractivity contribution in [1.82, 2.24) is 4.98 Å². The number of nitrogens with zero attached hydrogens (tertiary/aromatic N) is 1. The van der Waals surface area contributed by atoms with Gasteiger partial charge >= 0.3 is 0 Å². The highest BCUT2D eigenvalue weighted by Gasteiger charge is 2.12. The second-order valence-electron chi connectivity index (χ2n) is 6.93. The van der Waals surface area contributed by atoms with Gasteiger partial charge in [0.1, 0.15) is 22.9 Å². The monoisotopic (exact) mass is 399 g/mol. The summed E-state index contributed by atoms with van der Waals surface area (Å²) in [7, 11) is 0. The number of carbonyl (C=O) groups is 2. The molecule has 150 valence electrons. The Balaban J connectivity index is 1.81. The second-order valence-corrected chi connectivity index (χ2v) is 6.93. The summed E-state index contributed by atoms with van der Waals surface area (Å²) in [4.78, 5) is 29.0. The van der Waals surface area contributed by atoms with E-state index in [0.29, 0.717) is 11.1 Å². The number of ketones is 2. The zero-order chi connectivity index (χ0) is 21.7. The van der Waals surface area contributed by atoms with Crippen molar-refractivity contribution in [1.29, 1.82) is 0 Å². The largest absolute Gasteiger partial charge is 0.507 e. The summed E-state index contributed by atoms with van der Waals surface area (Å²) in [6, 6.07) is 18.6. The standard InChI is InChI=1S/C25H21NO4/c1-16-6-10-18(11-7-16)22(27)14-24(29)20-4-3-5-21(26-20)25(30)15-23(28)19-12-8-17(2)9-13-19/h3-15,27-28H,1-2H3/b22-14-,23-15-. The number of hydrogen-bond acceptors (Lipinski definition) is 5. The van der Waals surface area contributed by atoms with E-state index >= 15 is 0 Å². The maximum Gasteiger partial charge on any atom is 0.207 e. The number of aromatic nitrogens is 1. The van der Waals surface area contributed by atoms with Crippen LogP contribution in [0.4, 0.5) is 0 Å². The number of hydrogen-bond donors (Lipinski definition) is 2. The predicted molar refractivity (Wildman–Crippen MR) is 116 cm³/mol.